The van der Waals surface area contributed by atoms with E-state index < -0.39 is 0 Å². The molecule has 0 radical (unpaired) electrons. The molecule has 1 saturated carbocycles. The number of phenols is 1. The number of benzene rings is 1. The first-order valence-corrected chi connectivity index (χ1v) is 8.08. The van der Waals surface area contributed by atoms with E-state index >= 15 is 0 Å². The maximum absolute atomic E-state index is 9.97. The van der Waals surface area contributed by atoms with Crippen molar-refractivity contribution in [3.05, 3.63) is 23.8 Å². The zero-order valence-corrected chi connectivity index (χ0v) is 12.7. The molecule has 1 aliphatic carbocycles. The molecule has 0 amide bonds. The molecule has 0 saturated heterocycles. The van der Waals surface area contributed by atoms with Gasteiger partial charge < -0.3 is 15.2 Å². The highest BCUT2D eigenvalue weighted by atomic mass is 32.2. The van der Waals surface area contributed by atoms with Gasteiger partial charge in [0.2, 0.25) is 0 Å². The summed E-state index contributed by atoms with van der Waals surface area (Å²) in [6, 6.07) is 6.09. The largest absolute Gasteiger partial charge is 0.508 e. The molecule has 1 aliphatic rings. The van der Waals surface area contributed by atoms with Crippen LogP contribution in [0.25, 0.3) is 0 Å². The Kier molecular flexibility index (Phi) is 4.99. The lowest BCUT2D eigenvalue weighted by atomic mass is 10.1. The monoisotopic (exact) mass is 281 g/mol. The van der Waals surface area contributed by atoms with Crippen LogP contribution in [0.15, 0.2) is 18.2 Å². The zero-order valence-electron chi connectivity index (χ0n) is 11.8. The molecule has 106 valence electrons. The molecule has 4 heteroatoms. The minimum atomic E-state index is 0.140. The third-order valence-electron chi connectivity index (χ3n) is 3.90. The molecular formula is C15H23NO2S. The average Bonchev–Trinajstić information content (AvgIpc) is 2.87. The molecule has 3 atom stereocenters. The van der Waals surface area contributed by atoms with E-state index in [0.717, 1.165) is 16.6 Å². The average molecular weight is 281 g/mol. The van der Waals surface area contributed by atoms with E-state index in [1.165, 1.54) is 19.3 Å². The first kappa shape index (κ1) is 14.5. The number of thioether (sulfide) groups is 1. The number of rotatable bonds is 5. The van der Waals surface area contributed by atoms with Crippen molar-refractivity contribution in [3.63, 3.8) is 0 Å². The van der Waals surface area contributed by atoms with Gasteiger partial charge in [0.05, 0.1) is 7.11 Å². The van der Waals surface area contributed by atoms with Crippen LogP contribution in [-0.2, 0) is 0 Å². The molecule has 0 spiro atoms. The lowest BCUT2D eigenvalue weighted by Crippen LogP contribution is -2.29. The summed E-state index contributed by atoms with van der Waals surface area (Å²) in [6.07, 6.45) is 5.91. The maximum Gasteiger partial charge on any atom is 0.120 e. The Morgan fingerprint density at radius 2 is 2.21 bits per heavy atom. The second-order valence-electron chi connectivity index (χ2n) is 5.18. The second kappa shape index (κ2) is 6.53. The van der Waals surface area contributed by atoms with E-state index in [4.69, 9.17) is 4.74 Å². The minimum absolute atomic E-state index is 0.140. The van der Waals surface area contributed by atoms with Gasteiger partial charge in [-0.25, -0.2) is 0 Å². The van der Waals surface area contributed by atoms with Gasteiger partial charge in [0, 0.05) is 22.9 Å². The van der Waals surface area contributed by atoms with Crippen LogP contribution in [0.2, 0.25) is 0 Å². The molecule has 0 heterocycles. The molecule has 0 bridgehead atoms. The number of aromatic hydroxyl groups is 1. The Morgan fingerprint density at radius 1 is 1.42 bits per heavy atom. The highest BCUT2D eigenvalue weighted by molar-refractivity contribution is 7.99. The Labute approximate surface area is 119 Å². The van der Waals surface area contributed by atoms with Crippen molar-refractivity contribution in [1.82, 2.24) is 5.32 Å². The van der Waals surface area contributed by atoms with Gasteiger partial charge in [-0.2, -0.15) is 11.8 Å². The van der Waals surface area contributed by atoms with Crippen molar-refractivity contribution in [2.24, 2.45) is 0 Å². The first-order chi connectivity index (χ1) is 9.13. The van der Waals surface area contributed by atoms with E-state index in [-0.39, 0.29) is 6.04 Å². The summed E-state index contributed by atoms with van der Waals surface area (Å²) >= 11 is 1.96. The Hall–Kier alpha value is -0.870. The normalized spacial score (nSPS) is 24.4. The number of hydrogen-bond donors (Lipinski definition) is 2. The van der Waals surface area contributed by atoms with Crippen LogP contribution in [0, 0.1) is 0 Å². The third-order valence-corrected chi connectivity index (χ3v) is 5.00. The molecule has 2 N–H and O–H groups in total. The molecule has 0 aliphatic heterocycles. The van der Waals surface area contributed by atoms with Crippen LogP contribution in [0.4, 0.5) is 0 Å². The summed E-state index contributed by atoms with van der Waals surface area (Å²) in [5.41, 5.74) is 0.909. The van der Waals surface area contributed by atoms with Gasteiger partial charge in [-0.15, -0.1) is 0 Å². The molecule has 3 nitrogen and oxygen atoms in total. The molecule has 1 aromatic rings. The highest BCUT2D eigenvalue weighted by Crippen LogP contribution is 2.32. The number of hydrogen-bond acceptors (Lipinski definition) is 4. The van der Waals surface area contributed by atoms with Crippen LogP contribution in [0.1, 0.15) is 37.8 Å². The standard InChI is InChI=1S/C15H23NO2S/c1-10(16-11-4-6-13(8-11)19-3)14-9-12(18-2)5-7-15(14)17/h5,7,9-11,13,16-17H,4,6,8H2,1-3H3. The van der Waals surface area contributed by atoms with Crippen LogP contribution >= 0.6 is 11.8 Å². The number of nitrogens with one attached hydrogen (secondary N) is 1. The van der Waals surface area contributed by atoms with E-state index in [2.05, 4.69) is 18.5 Å². The van der Waals surface area contributed by atoms with Gasteiger partial charge in [0.1, 0.15) is 11.5 Å². The molecule has 3 unspecified atom stereocenters. The summed E-state index contributed by atoms with van der Waals surface area (Å²) in [5.74, 6) is 1.12. The van der Waals surface area contributed by atoms with Gasteiger partial charge in [-0.1, -0.05) is 0 Å². The van der Waals surface area contributed by atoms with E-state index in [9.17, 15) is 5.11 Å². The SMILES string of the molecule is COc1ccc(O)c(C(C)NC2CCC(SC)C2)c1. The Morgan fingerprint density at radius 3 is 2.84 bits per heavy atom. The molecule has 0 aromatic heterocycles. The highest BCUT2D eigenvalue weighted by Gasteiger charge is 2.25. The van der Waals surface area contributed by atoms with E-state index in [0.29, 0.717) is 11.8 Å². The molecular weight excluding hydrogens is 258 g/mol. The molecule has 1 fully saturated rings. The predicted molar refractivity (Wildman–Crippen MR) is 81.2 cm³/mol. The van der Waals surface area contributed by atoms with Crippen molar-refractivity contribution in [2.75, 3.05) is 13.4 Å². The van der Waals surface area contributed by atoms with E-state index in [1.54, 1.807) is 19.2 Å². The molecule has 19 heavy (non-hydrogen) atoms. The Bertz CT molecular complexity index is 425. The summed E-state index contributed by atoms with van der Waals surface area (Å²) < 4.78 is 5.22. The number of methoxy groups -OCH3 is 1. The minimum Gasteiger partial charge on any atom is -0.508 e. The Balaban J connectivity index is 2.01. The quantitative estimate of drug-likeness (QED) is 0.868. The number of phenolic OH excluding ortho intramolecular Hbond substituents is 1. The smallest absolute Gasteiger partial charge is 0.120 e. The second-order valence-corrected chi connectivity index (χ2v) is 6.32. The lowest BCUT2D eigenvalue weighted by molar-refractivity contribution is 0.402. The fraction of sp³-hybridized carbons (Fsp3) is 0.600. The summed E-state index contributed by atoms with van der Waals surface area (Å²) in [6.45, 7) is 2.10. The van der Waals surface area contributed by atoms with Crippen molar-refractivity contribution in [2.45, 2.75) is 43.5 Å². The molecule has 2 rings (SSSR count). The van der Waals surface area contributed by atoms with Crippen LogP contribution in [-0.4, -0.2) is 29.8 Å². The lowest BCUT2D eigenvalue weighted by Gasteiger charge is -2.21. The fourth-order valence-electron chi connectivity index (χ4n) is 2.76. The van der Waals surface area contributed by atoms with Gasteiger partial charge >= 0.3 is 0 Å². The predicted octanol–water partition coefficient (Wildman–Crippen LogP) is 3.34. The van der Waals surface area contributed by atoms with Crippen molar-refractivity contribution >= 4 is 11.8 Å². The van der Waals surface area contributed by atoms with Gasteiger partial charge in [-0.05, 0) is 50.6 Å². The van der Waals surface area contributed by atoms with Crippen LogP contribution in [0.5, 0.6) is 11.5 Å². The summed E-state index contributed by atoms with van der Waals surface area (Å²) in [4.78, 5) is 0. The fourth-order valence-corrected chi connectivity index (χ4v) is 3.55. The zero-order chi connectivity index (χ0) is 13.8. The van der Waals surface area contributed by atoms with Gasteiger partial charge in [0.15, 0.2) is 0 Å². The van der Waals surface area contributed by atoms with Gasteiger partial charge in [-0.3, -0.25) is 0 Å². The maximum atomic E-state index is 9.97. The van der Waals surface area contributed by atoms with Crippen molar-refractivity contribution in [3.8, 4) is 11.5 Å². The summed E-state index contributed by atoms with van der Waals surface area (Å²) in [7, 11) is 1.65. The van der Waals surface area contributed by atoms with E-state index in [1.807, 2.05) is 17.8 Å². The number of ether oxygens (including phenoxy) is 1. The van der Waals surface area contributed by atoms with Crippen molar-refractivity contribution in [1.29, 1.82) is 0 Å². The summed E-state index contributed by atoms with van der Waals surface area (Å²) in [5, 5.41) is 14.4. The molecule has 1 aromatic carbocycles. The first-order valence-electron chi connectivity index (χ1n) is 6.79. The topological polar surface area (TPSA) is 41.5 Å². The van der Waals surface area contributed by atoms with Crippen LogP contribution < -0.4 is 10.1 Å². The van der Waals surface area contributed by atoms with Crippen molar-refractivity contribution < 1.29 is 9.84 Å². The van der Waals surface area contributed by atoms with Gasteiger partial charge in [0.25, 0.3) is 0 Å². The third kappa shape index (κ3) is 3.57. The van der Waals surface area contributed by atoms with Crippen LogP contribution in [0.3, 0.4) is 0 Å².